The molecule has 0 saturated carbocycles. The lowest BCUT2D eigenvalue weighted by atomic mass is 10.1. The van der Waals surface area contributed by atoms with Gasteiger partial charge >= 0.3 is 0 Å². The number of sulfonamides is 1. The number of halogens is 2. The van der Waals surface area contributed by atoms with Gasteiger partial charge in [0.15, 0.2) is 0 Å². The first-order valence-corrected chi connectivity index (χ1v) is 9.82. The van der Waals surface area contributed by atoms with E-state index in [0.29, 0.717) is 23.0 Å². The van der Waals surface area contributed by atoms with Crippen LogP contribution in [-0.4, -0.2) is 24.3 Å². The third-order valence-corrected chi connectivity index (χ3v) is 5.38. The zero-order valence-electron chi connectivity index (χ0n) is 15.4. The fourth-order valence-electron chi connectivity index (χ4n) is 2.57. The summed E-state index contributed by atoms with van der Waals surface area (Å²) in [5, 5.41) is 2.54. The van der Waals surface area contributed by atoms with Gasteiger partial charge in [0.2, 0.25) is 5.91 Å². The second-order valence-electron chi connectivity index (χ2n) is 6.15. The lowest BCUT2D eigenvalue weighted by molar-refractivity contribution is -0.114. The number of amides is 1. The van der Waals surface area contributed by atoms with Crippen LogP contribution in [0.2, 0.25) is 0 Å². The van der Waals surface area contributed by atoms with Crippen LogP contribution in [0.5, 0.6) is 0 Å². The quantitative estimate of drug-likeness (QED) is 0.661. The van der Waals surface area contributed by atoms with Crippen LogP contribution >= 0.6 is 0 Å². The molecule has 0 atom stereocenters. The van der Waals surface area contributed by atoms with Crippen molar-refractivity contribution in [1.82, 2.24) is 9.97 Å². The van der Waals surface area contributed by atoms with Gasteiger partial charge in [-0.2, -0.15) is 0 Å². The number of nitrogens with zero attached hydrogens (tertiary/aromatic N) is 2. The van der Waals surface area contributed by atoms with E-state index in [2.05, 4.69) is 20.0 Å². The largest absolute Gasteiger partial charge is 0.311 e. The highest BCUT2D eigenvalue weighted by Crippen LogP contribution is 2.27. The van der Waals surface area contributed by atoms with Crippen LogP contribution in [0.15, 0.2) is 53.7 Å². The fraction of sp³-hybridized carbons (Fsp3) is 0.105. The molecule has 2 heterocycles. The molecular formula is C19H16F2N4O3S. The number of hydrogen-bond acceptors (Lipinski definition) is 5. The number of rotatable bonds is 5. The van der Waals surface area contributed by atoms with Gasteiger partial charge in [0.1, 0.15) is 22.3 Å². The summed E-state index contributed by atoms with van der Waals surface area (Å²) in [5.41, 5.74) is 0.832. The molecule has 0 unspecified atom stereocenters. The van der Waals surface area contributed by atoms with Gasteiger partial charge in [-0.1, -0.05) is 0 Å². The highest BCUT2D eigenvalue weighted by molar-refractivity contribution is 7.92. The third kappa shape index (κ3) is 4.72. The molecule has 29 heavy (non-hydrogen) atoms. The van der Waals surface area contributed by atoms with Gasteiger partial charge in [0.25, 0.3) is 10.0 Å². The summed E-state index contributed by atoms with van der Waals surface area (Å²) in [6.45, 7) is 2.83. The van der Waals surface area contributed by atoms with Gasteiger partial charge in [0.05, 0.1) is 11.4 Å². The van der Waals surface area contributed by atoms with Gasteiger partial charge in [-0.15, -0.1) is 0 Å². The van der Waals surface area contributed by atoms with Crippen LogP contribution < -0.4 is 10.0 Å². The zero-order chi connectivity index (χ0) is 21.2. The number of carbonyl (C=O) groups excluding carboxylic acids is 1. The minimum absolute atomic E-state index is 0.170. The molecule has 3 aromatic rings. The van der Waals surface area contributed by atoms with Crippen LogP contribution in [0.25, 0.3) is 11.1 Å². The Labute approximate surface area is 165 Å². The van der Waals surface area contributed by atoms with Gasteiger partial charge in [-0.25, -0.2) is 22.2 Å². The van der Waals surface area contributed by atoms with Crippen LogP contribution in [0, 0.1) is 18.6 Å². The van der Waals surface area contributed by atoms with Crippen molar-refractivity contribution in [1.29, 1.82) is 0 Å². The standard InChI is InChI=1S/C19H16F2N4O3S/c1-11-18(29(27,28)25-17-4-3-15(20)9-16(17)21)7-14(10-23-11)13-5-6-22-19(8-13)24-12(2)26/h3-10,25H,1-2H3,(H,22,24,26). The van der Waals surface area contributed by atoms with Gasteiger partial charge in [0, 0.05) is 30.9 Å². The second-order valence-corrected chi connectivity index (χ2v) is 7.80. The van der Waals surface area contributed by atoms with Crippen LogP contribution in [0.3, 0.4) is 0 Å². The first-order chi connectivity index (χ1) is 13.7. The number of hydrogen-bond donors (Lipinski definition) is 2. The molecule has 0 aliphatic rings. The molecule has 0 fully saturated rings. The van der Waals surface area contributed by atoms with Crippen molar-refractivity contribution in [2.75, 3.05) is 10.0 Å². The van der Waals surface area contributed by atoms with Gasteiger partial charge in [-0.3, -0.25) is 14.5 Å². The second kappa shape index (κ2) is 7.92. The van der Waals surface area contributed by atoms with E-state index in [9.17, 15) is 22.0 Å². The maximum absolute atomic E-state index is 13.9. The topological polar surface area (TPSA) is 101 Å². The first kappa shape index (κ1) is 20.3. The molecule has 1 aromatic carbocycles. The molecule has 0 bridgehead atoms. The Bertz CT molecular complexity index is 1200. The predicted molar refractivity (Wildman–Crippen MR) is 104 cm³/mol. The molecular weight excluding hydrogens is 402 g/mol. The smallest absolute Gasteiger partial charge is 0.263 e. The monoisotopic (exact) mass is 418 g/mol. The average Bonchev–Trinajstić information content (AvgIpc) is 2.64. The summed E-state index contributed by atoms with van der Waals surface area (Å²) in [6, 6.07) is 7.09. The summed E-state index contributed by atoms with van der Waals surface area (Å²) in [7, 11) is -4.20. The van der Waals surface area contributed by atoms with Crippen LogP contribution in [0.4, 0.5) is 20.3 Å². The van der Waals surface area contributed by atoms with E-state index < -0.39 is 21.7 Å². The number of anilines is 2. The highest BCUT2D eigenvalue weighted by atomic mass is 32.2. The van der Waals surface area contributed by atoms with Crippen molar-refractivity contribution in [3.05, 3.63) is 66.1 Å². The molecule has 0 aliphatic heterocycles. The van der Waals surface area contributed by atoms with E-state index in [1.165, 1.54) is 32.3 Å². The van der Waals surface area contributed by atoms with Crippen molar-refractivity contribution in [3.8, 4) is 11.1 Å². The van der Waals surface area contributed by atoms with Crippen LogP contribution in [-0.2, 0) is 14.8 Å². The van der Waals surface area contributed by atoms with E-state index in [0.717, 1.165) is 12.1 Å². The fourth-order valence-corrected chi connectivity index (χ4v) is 3.86. The van der Waals surface area contributed by atoms with Gasteiger partial charge < -0.3 is 5.32 Å². The van der Waals surface area contributed by atoms with E-state index >= 15 is 0 Å². The van der Waals surface area contributed by atoms with E-state index in [-0.39, 0.29) is 22.2 Å². The van der Waals surface area contributed by atoms with E-state index in [1.54, 1.807) is 12.1 Å². The zero-order valence-corrected chi connectivity index (χ0v) is 16.2. The predicted octanol–water partition coefficient (Wildman–Crippen LogP) is 3.49. The Hall–Kier alpha value is -3.40. The molecule has 150 valence electrons. The van der Waals surface area contributed by atoms with Crippen molar-refractivity contribution < 1.29 is 22.0 Å². The lowest BCUT2D eigenvalue weighted by Crippen LogP contribution is -2.16. The van der Waals surface area contributed by atoms with E-state index in [1.807, 2.05) is 0 Å². The molecule has 3 rings (SSSR count). The first-order valence-electron chi connectivity index (χ1n) is 8.34. The maximum atomic E-state index is 13.9. The normalized spacial score (nSPS) is 11.2. The Morgan fingerprint density at radius 3 is 2.48 bits per heavy atom. The highest BCUT2D eigenvalue weighted by Gasteiger charge is 2.21. The van der Waals surface area contributed by atoms with Crippen molar-refractivity contribution in [2.24, 2.45) is 0 Å². The number of carbonyl (C=O) groups is 1. The summed E-state index contributed by atoms with van der Waals surface area (Å²) >= 11 is 0. The number of aromatic nitrogens is 2. The average molecular weight is 418 g/mol. The molecule has 0 saturated heterocycles. The number of nitrogens with one attached hydrogen (secondary N) is 2. The summed E-state index contributed by atoms with van der Waals surface area (Å²) < 4.78 is 54.6. The molecule has 7 nitrogen and oxygen atoms in total. The summed E-state index contributed by atoms with van der Waals surface area (Å²) in [4.78, 5) is 19.2. The molecule has 2 aromatic heterocycles. The minimum Gasteiger partial charge on any atom is -0.311 e. The molecule has 0 aliphatic carbocycles. The van der Waals surface area contributed by atoms with E-state index in [4.69, 9.17) is 0 Å². The Morgan fingerprint density at radius 2 is 1.79 bits per heavy atom. The molecule has 2 N–H and O–H groups in total. The maximum Gasteiger partial charge on any atom is 0.263 e. The molecule has 10 heteroatoms. The Morgan fingerprint density at radius 1 is 1.03 bits per heavy atom. The number of aryl methyl sites for hydroxylation is 1. The van der Waals surface area contributed by atoms with Crippen molar-refractivity contribution >= 4 is 27.4 Å². The molecule has 0 spiro atoms. The number of benzene rings is 1. The van der Waals surface area contributed by atoms with Crippen molar-refractivity contribution in [3.63, 3.8) is 0 Å². The Kier molecular flexibility index (Phi) is 5.55. The minimum atomic E-state index is -4.20. The van der Waals surface area contributed by atoms with Gasteiger partial charge in [-0.05, 0) is 42.8 Å². The molecule has 0 radical (unpaired) electrons. The summed E-state index contributed by atoms with van der Waals surface area (Å²) in [6.07, 6.45) is 2.93. The SMILES string of the molecule is CC(=O)Nc1cc(-c2cnc(C)c(S(=O)(=O)Nc3ccc(F)cc3F)c2)ccn1. The molecule has 1 amide bonds. The third-order valence-electron chi connectivity index (χ3n) is 3.90. The Balaban J connectivity index is 1.99. The van der Waals surface area contributed by atoms with Crippen LogP contribution in [0.1, 0.15) is 12.6 Å². The summed E-state index contributed by atoms with van der Waals surface area (Å²) in [5.74, 6) is -1.86. The van der Waals surface area contributed by atoms with Crippen molar-refractivity contribution in [2.45, 2.75) is 18.7 Å². The number of pyridine rings is 2. The lowest BCUT2D eigenvalue weighted by Gasteiger charge is -2.12.